The number of hydrogen-bond acceptors (Lipinski definition) is 7. The number of amides is 1. The SMILES string of the molecule is CCCCCCCC/C=C\CCCCCCCCCC(=O)NCCOP(=O)(O)OCC(O)COC(=O)CCCCCCCCCCCCC. The quantitative estimate of drug-likeness (QED) is 0.0249. The molecule has 0 radical (unpaired) electrons. The topological polar surface area (TPSA) is 131 Å². The highest BCUT2D eigenvalue weighted by Gasteiger charge is 2.23. The fourth-order valence-corrected chi connectivity index (χ4v) is 6.37. The van der Waals surface area contributed by atoms with Crippen LogP contribution in [0.25, 0.3) is 0 Å². The molecule has 0 aliphatic heterocycles. The summed E-state index contributed by atoms with van der Waals surface area (Å²) in [6, 6.07) is 0. The second-order valence-corrected chi connectivity index (χ2v) is 15.1. The number of phosphoric ester groups is 1. The molecule has 2 unspecified atom stereocenters. The predicted molar refractivity (Wildman–Crippen MR) is 201 cm³/mol. The molecule has 0 aromatic heterocycles. The number of rotatable bonds is 38. The molecule has 0 bridgehead atoms. The average Bonchev–Trinajstić information content (AvgIpc) is 3.08. The van der Waals surface area contributed by atoms with Gasteiger partial charge >= 0.3 is 13.8 Å². The Morgan fingerprint density at radius 3 is 1.53 bits per heavy atom. The molecule has 0 aliphatic rings. The first-order valence-corrected chi connectivity index (χ1v) is 21.7. The number of carbonyl (C=O) groups is 2. The van der Waals surface area contributed by atoms with Gasteiger partial charge in [-0.3, -0.25) is 18.6 Å². The highest BCUT2D eigenvalue weighted by atomic mass is 31.2. The first-order valence-electron chi connectivity index (χ1n) is 20.2. The van der Waals surface area contributed by atoms with Crippen LogP contribution in [0.15, 0.2) is 12.2 Å². The van der Waals surface area contributed by atoms with Crippen molar-refractivity contribution in [3.8, 4) is 0 Å². The third kappa shape index (κ3) is 37.8. The molecule has 0 saturated carbocycles. The van der Waals surface area contributed by atoms with Crippen LogP contribution in [0.4, 0.5) is 0 Å². The zero-order chi connectivity index (χ0) is 36.1. The van der Waals surface area contributed by atoms with Gasteiger partial charge in [-0.2, -0.15) is 0 Å². The van der Waals surface area contributed by atoms with Gasteiger partial charge in [-0.05, 0) is 38.5 Å². The van der Waals surface area contributed by atoms with Gasteiger partial charge in [0.1, 0.15) is 12.7 Å². The summed E-state index contributed by atoms with van der Waals surface area (Å²) in [5, 5.41) is 12.6. The molecule has 290 valence electrons. The Morgan fingerprint density at radius 2 is 1.04 bits per heavy atom. The lowest BCUT2D eigenvalue weighted by Gasteiger charge is -2.15. The molecule has 0 saturated heterocycles. The molecule has 1 amide bonds. The van der Waals surface area contributed by atoms with Crippen LogP contribution in [0.3, 0.4) is 0 Å². The highest BCUT2D eigenvalue weighted by molar-refractivity contribution is 7.47. The molecule has 0 rings (SSSR count). The molecule has 0 spiro atoms. The molecule has 3 N–H and O–H groups in total. The molecule has 0 aliphatic carbocycles. The lowest BCUT2D eigenvalue weighted by atomic mass is 10.1. The summed E-state index contributed by atoms with van der Waals surface area (Å²) >= 11 is 0. The van der Waals surface area contributed by atoms with E-state index in [0.29, 0.717) is 6.42 Å². The average molecular weight is 718 g/mol. The zero-order valence-corrected chi connectivity index (χ0v) is 32.5. The van der Waals surface area contributed by atoms with Crippen LogP contribution in [-0.4, -0.2) is 54.3 Å². The number of nitrogens with one attached hydrogen (secondary N) is 1. The number of aliphatic hydroxyl groups is 1. The Bertz CT molecular complexity index is 825. The first kappa shape index (κ1) is 47.8. The number of hydrogen-bond donors (Lipinski definition) is 3. The Labute approximate surface area is 300 Å². The van der Waals surface area contributed by atoms with Crippen molar-refractivity contribution in [3.05, 3.63) is 12.2 Å². The molecule has 2 atom stereocenters. The second-order valence-electron chi connectivity index (χ2n) is 13.6. The largest absolute Gasteiger partial charge is 0.472 e. The van der Waals surface area contributed by atoms with Crippen molar-refractivity contribution < 1.29 is 37.9 Å². The van der Waals surface area contributed by atoms with Gasteiger partial charge in [0.25, 0.3) is 0 Å². The van der Waals surface area contributed by atoms with Crippen LogP contribution in [0, 0.1) is 0 Å². The molecular weight excluding hydrogens is 641 g/mol. The Balaban J connectivity index is 3.59. The third-order valence-electron chi connectivity index (χ3n) is 8.70. The smallest absolute Gasteiger partial charge is 0.463 e. The van der Waals surface area contributed by atoms with E-state index in [9.17, 15) is 24.2 Å². The Morgan fingerprint density at radius 1 is 0.612 bits per heavy atom. The minimum atomic E-state index is -4.41. The van der Waals surface area contributed by atoms with Gasteiger partial charge < -0.3 is 20.1 Å². The molecular formula is C39H76NO8P. The summed E-state index contributed by atoms with van der Waals surface area (Å²) in [7, 11) is -4.41. The van der Waals surface area contributed by atoms with Gasteiger partial charge in [0.2, 0.25) is 5.91 Å². The van der Waals surface area contributed by atoms with Gasteiger partial charge in [-0.1, -0.05) is 154 Å². The number of aliphatic hydroxyl groups excluding tert-OH is 1. The van der Waals surface area contributed by atoms with Crippen molar-refractivity contribution >= 4 is 19.7 Å². The van der Waals surface area contributed by atoms with Crippen molar-refractivity contribution in [2.45, 2.75) is 200 Å². The Hall–Kier alpha value is -1.25. The summed E-state index contributed by atoms with van der Waals surface area (Å²) in [5.41, 5.74) is 0. The summed E-state index contributed by atoms with van der Waals surface area (Å²) in [6.07, 6.45) is 35.7. The van der Waals surface area contributed by atoms with E-state index in [2.05, 4.69) is 31.3 Å². The van der Waals surface area contributed by atoms with Crippen LogP contribution in [0.5, 0.6) is 0 Å². The van der Waals surface area contributed by atoms with Crippen LogP contribution in [0.2, 0.25) is 0 Å². The number of unbranched alkanes of at least 4 members (excludes halogenated alkanes) is 23. The molecule has 10 heteroatoms. The van der Waals surface area contributed by atoms with Crippen molar-refractivity contribution in [2.24, 2.45) is 0 Å². The summed E-state index contributed by atoms with van der Waals surface area (Å²) < 4.78 is 26.8. The van der Waals surface area contributed by atoms with Gasteiger partial charge in [0.05, 0.1) is 13.2 Å². The second kappa shape index (κ2) is 36.5. The minimum Gasteiger partial charge on any atom is -0.463 e. The summed E-state index contributed by atoms with van der Waals surface area (Å²) in [5.74, 6) is -0.516. The van der Waals surface area contributed by atoms with Crippen molar-refractivity contribution in [1.29, 1.82) is 0 Å². The van der Waals surface area contributed by atoms with E-state index in [1.54, 1.807) is 0 Å². The number of phosphoric acid groups is 1. The van der Waals surface area contributed by atoms with Crippen LogP contribution < -0.4 is 5.32 Å². The van der Waals surface area contributed by atoms with Gasteiger partial charge in [0.15, 0.2) is 0 Å². The maximum Gasteiger partial charge on any atom is 0.472 e. The standard InChI is InChI=1S/C39H76NO8P/c1-3-5-7-9-11-13-15-16-17-18-19-20-22-23-25-27-29-31-38(42)40-33-34-47-49(44,45)48-36-37(41)35-46-39(43)32-30-28-26-24-21-14-12-10-8-6-4-2/h16-17,37,41H,3-15,18-36H2,1-2H3,(H,40,42)(H,44,45)/b17-16-. The number of allylic oxidation sites excluding steroid dienone is 2. The van der Waals surface area contributed by atoms with Gasteiger partial charge in [-0.25, -0.2) is 4.57 Å². The normalized spacial score (nSPS) is 13.5. The van der Waals surface area contributed by atoms with Crippen molar-refractivity contribution in [2.75, 3.05) is 26.4 Å². The molecule has 0 aromatic rings. The number of ether oxygens (including phenoxy) is 1. The maximum absolute atomic E-state index is 12.1. The maximum atomic E-state index is 12.1. The fraction of sp³-hybridized carbons (Fsp3) is 0.897. The summed E-state index contributed by atoms with van der Waals surface area (Å²) in [6.45, 7) is 3.54. The zero-order valence-electron chi connectivity index (χ0n) is 31.7. The lowest BCUT2D eigenvalue weighted by molar-refractivity contribution is -0.147. The van der Waals surface area contributed by atoms with E-state index in [4.69, 9.17) is 13.8 Å². The van der Waals surface area contributed by atoms with E-state index in [1.807, 2.05) is 0 Å². The predicted octanol–water partition coefficient (Wildman–Crippen LogP) is 10.7. The third-order valence-corrected chi connectivity index (χ3v) is 9.68. The molecule has 0 heterocycles. The highest BCUT2D eigenvalue weighted by Crippen LogP contribution is 2.42. The van der Waals surface area contributed by atoms with E-state index in [0.717, 1.165) is 38.5 Å². The monoisotopic (exact) mass is 718 g/mol. The number of esters is 1. The van der Waals surface area contributed by atoms with Crippen molar-refractivity contribution in [1.82, 2.24) is 5.32 Å². The van der Waals surface area contributed by atoms with Gasteiger partial charge in [-0.15, -0.1) is 0 Å². The molecule has 0 aromatic carbocycles. The minimum absolute atomic E-state index is 0.0827. The van der Waals surface area contributed by atoms with Crippen LogP contribution in [0.1, 0.15) is 194 Å². The summed E-state index contributed by atoms with van der Waals surface area (Å²) in [4.78, 5) is 33.8. The van der Waals surface area contributed by atoms with Crippen LogP contribution >= 0.6 is 7.82 Å². The van der Waals surface area contributed by atoms with Crippen LogP contribution in [-0.2, 0) is 27.9 Å². The Kier molecular flexibility index (Phi) is 35.6. The van der Waals surface area contributed by atoms with E-state index >= 15 is 0 Å². The first-order chi connectivity index (χ1) is 23.8. The van der Waals surface area contributed by atoms with E-state index < -0.39 is 26.5 Å². The molecule has 0 fully saturated rings. The fourth-order valence-electron chi connectivity index (χ4n) is 5.61. The molecule has 9 nitrogen and oxygen atoms in total. The van der Waals surface area contributed by atoms with Crippen molar-refractivity contribution in [3.63, 3.8) is 0 Å². The molecule has 49 heavy (non-hydrogen) atoms. The van der Waals surface area contributed by atoms with Gasteiger partial charge in [0, 0.05) is 19.4 Å². The van der Waals surface area contributed by atoms with E-state index in [1.165, 1.54) is 128 Å². The lowest BCUT2D eigenvalue weighted by Crippen LogP contribution is -2.27. The number of carbonyl (C=O) groups excluding carboxylic acids is 2. The van der Waals surface area contributed by atoms with E-state index in [-0.39, 0.29) is 32.1 Å².